The molecule has 5 nitrogen and oxygen atoms in total. The molecule has 0 spiro atoms. The topological polar surface area (TPSA) is 48.5 Å². The fourth-order valence-electron chi connectivity index (χ4n) is 1.53. The minimum Gasteiger partial charge on any atom is -0.481 e. The van der Waals surface area contributed by atoms with Crippen LogP contribution in [0.4, 0.5) is 13.2 Å². The van der Waals surface area contributed by atoms with Gasteiger partial charge in [-0.3, -0.25) is 9.36 Å². The number of fused-ring (bicyclic) bond motifs is 1. The quantitative estimate of drug-likeness (QED) is 0.803. The smallest absolute Gasteiger partial charge is 0.434 e. The van der Waals surface area contributed by atoms with Crippen molar-refractivity contribution in [2.45, 2.75) is 6.18 Å². The van der Waals surface area contributed by atoms with Crippen LogP contribution in [0, 0.1) is 0 Å². The van der Waals surface area contributed by atoms with Gasteiger partial charge in [0, 0.05) is 7.05 Å². The second-order valence-corrected chi connectivity index (χ2v) is 4.27. The number of alkyl halides is 3. The first kappa shape index (κ1) is 12.9. The summed E-state index contributed by atoms with van der Waals surface area (Å²) >= 11 is 2.63. The van der Waals surface area contributed by atoms with Gasteiger partial charge in [-0.1, -0.05) is 0 Å². The van der Waals surface area contributed by atoms with Crippen molar-refractivity contribution in [1.82, 2.24) is 14.0 Å². The predicted molar refractivity (Wildman–Crippen MR) is 59.7 cm³/mol. The van der Waals surface area contributed by atoms with Crippen LogP contribution >= 0.6 is 15.9 Å². The summed E-state index contributed by atoms with van der Waals surface area (Å²) < 4.78 is 44.6. The number of imidazole rings is 1. The van der Waals surface area contributed by atoms with E-state index in [0.717, 1.165) is 4.40 Å². The zero-order valence-electron chi connectivity index (χ0n) is 9.25. The highest BCUT2D eigenvalue weighted by Gasteiger charge is 2.37. The van der Waals surface area contributed by atoms with Crippen LogP contribution in [0.25, 0.3) is 5.78 Å². The first-order valence-electron chi connectivity index (χ1n) is 4.66. The second kappa shape index (κ2) is 4.01. The van der Waals surface area contributed by atoms with Crippen LogP contribution in [0.1, 0.15) is 5.69 Å². The van der Waals surface area contributed by atoms with E-state index in [0.29, 0.717) is 0 Å². The molecule has 2 aromatic heterocycles. The number of nitrogens with zero attached hydrogens (tertiary/aromatic N) is 3. The Hall–Kier alpha value is -1.51. The Labute approximate surface area is 107 Å². The van der Waals surface area contributed by atoms with Gasteiger partial charge in [-0.15, -0.1) is 0 Å². The van der Waals surface area contributed by atoms with Crippen LogP contribution in [0.3, 0.4) is 0 Å². The van der Waals surface area contributed by atoms with E-state index in [2.05, 4.69) is 20.9 Å². The van der Waals surface area contributed by atoms with Gasteiger partial charge in [0.25, 0.3) is 5.56 Å². The lowest BCUT2D eigenvalue weighted by Crippen LogP contribution is -2.22. The molecule has 0 aliphatic heterocycles. The molecule has 0 N–H and O–H groups in total. The summed E-state index contributed by atoms with van der Waals surface area (Å²) in [5, 5.41) is 0. The second-order valence-electron chi connectivity index (χ2n) is 3.48. The van der Waals surface area contributed by atoms with E-state index in [4.69, 9.17) is 4.74 Å². The number of aromatic nitrogens is 3. The Kier molecular flexibility index (Phi) is 2.88. The Morgan fingerprint density at radius 3 is 2.56 bits per heavy atom. The minimum atomic E-state index is -4.70. The third kappa shape index (κ3) is 1.78. The molecular weight excluding hydrogens is 319 g/mol. The van der Waals surface area contributed by atoms with E-state index in [-0.39, 0.29) is 11.7 Å². The Morgan fingerprint density at radius 1 is 1.44 bits per heavy atom. The summed E-state index contributed by atoms with van der Waals surface area (Å²) in [7, 11) is 2.80. The standard InChI is InChI=1S/C9H7BrF3N3O2/c1-15-4(18-2)3-16-7(17)5(10)6(9(11,12)13)14-8(15)16/h3H,1-2H3. The largest absolute Gasteiger partial charge is 0.481 e. The summed E-state index contributed by atoms with van der Waals surface area (Å²) in [5.41, 5.74) is -2.09. The molecule has 0 amide bonds. The third-order valence-electron chi connectivity index (χ3n) is 2.39. The molecule has 9 heteroatoms. The summed E-state index contributed by atoms with van der Waals surface area (Å²) in [6.07, 6.45) is -3.43. The Morgan fingerprint density at radius 2 is 2.06 bits per heavy atom. The van der Waals surface area contributed by atoms with Crippen molar-refractivity contribution in [3.8, 4) is 5.88 Å². The van der Waals surface area contributed by atoms with Crippen LogP contribution in [0.15, 0.2) is 15.5 Å². The highest BCUT2D eigenvalue weighted by atomic mass is 79.9. The average molecular weight is 326 g/mol. The fourth-order valence-corrected chi connectivity index (χ4v) is 2.03. The van der Waals surface area contributed by atoms with Gasteiger partial charge in [-0.2, -0.15) is 13.2 Å². The molecule has 0 fully saturated rings. The van der Waals surface area contributed by atoms with E-state index in [1.54, 1.807) is 0 Å². The summed E-state index contributed by atoms with van der Waals surface area (Å²) in [6, 6.07) is 0. The molecular formula is C9H7BrF3N3O2. The zero-order chi connectivity index (χ0) is 13.7. The van der Waals surface area contributed by atoms with Gasteiger partial charge < -0.3 is 4.74 Å². The Bertz CT molecular complexity index is 674. The molecule has 18 heavy (non-hydrogen) atoms. The number of aryl methyl sites for hydroxylation is 1. The van der Waals surface area contributed by atoms with Crippen LogP contribution in [0.5, 0.6) is 5.88 Å². The number of hydrogen-bond acceptors (Lipinski definition) is 3. The SMILES string of the molecule is COc1cn2c(=O)c(Br)c(C(F)(F)F)nc2n1C. The number of rotatable bonds is 1. The van der Waals surface area contributed by atoms with Crippen molar-refractivity contribution >= 4 is 21.7 Å². The van der Waals surface area contributed by atoms with E-state index >= 15 is 0 Å². The molecule has 2 heterocycles. The molecule has 98 valence electrons. The van der Waals surface area contributed by atoms with Crippen molar-refractivity contribution in [1.29, 1.82) is 0 Å². The molecule has 2 aromatic rings. The van der Waals surface area contributed by atoms with Crippen LogP contribution < -0.4 is 10.3 Å². The van der Waals surface area contributed by atoms with Crippen LogP contribution in [0.2, 0.25) is 0 Å². The molecule has 0 saturated carbocycles. The van der Waals surface area contributed by atoms with Crippen molar-refractivity contribution in [2.24, 2.45) is 7.05 Å². The normalized spacial score (nSPS) is 12.1. The maximum absolute atomic E-state index is 12.7. The Balaban J connectivity index is 2.91. The summed E-state index contributed by atoms with van der Waals surface area (Å²) in [4.78, 5) is 15.2. The van der Waals surface area contributed by atoms with E-state index < -0.39 is 21.9 Å². The lowest BCUT2D eigenvalue weighted by molar-refractivity contribution is -0.141. The maximum atomic E-state index is 12.7. The third-order valence-corrected chi connectivity index (χ3v) is 3.10. The lowest BCUT2D eigenvalue weighted by atomic mass is 10.4. The molecule has 0 aliphatic rings. The summed E-state index contributed by atoms with van der Waals surface area (Å²) in [6.45, 7) is 0. The van der Waals surface area contributed by atoms with Gasteiger partial charge in [-0.25, -0.2) is 9.38 Å². The first-order chi connectivity index (χ1) is 8.27. The lowest BCUT2D eigenvalue weighted by Gasteiger charge is -2.08. The van der Waals surface area contributed by atoms with Gasteiger partial charge in [0.05, 0.1) is 13.3 Å². The van der Waals surface area contributed by atoms with Crippen molar-refractivity contribution in [3.63, 3.8) is 0 Å². The van der Waals surface area contributed by atoms with Crippen molar-refractivity contribution < 1.29 is 17.9 Å². The summed E-state index contributed by atoms with van der Waals surface area (Å²) in [5.74, 6) is 0.0817. The van der Waals surface area contributed by atoms with E-state index in [1.165, 1.54) is 24.9 Å². The highest BCUT2D eigenvalue weighted by molar-refractivity contribution is 9.10. The molecule has 0 aromatic carbocycles. The predicted octanol–water partition coefficient (Wildman–Crippen LogP) is 1.82. The average Bonchev–Trinajstić information content (AvgIpc) is 2.59. The molecule has 0 bridgehead atoms. The first-order valence-corrected chi connectivity index (χ1v) is 5.45. The van der Waals surface area contributed by atoms with Gasteiger partial charge >= 0.3 is 6.18 Å². The van der Waals surface area contributed by atoms with Crippen LogP contribution in [-0.4, -0.2) is 21.1 Å². The van der Waals surface area contributed by atoms with Gasteiger partial charge in [0.2, 0.25) is 11.7 Å². The van der Waals surface area contributed by atoms with Gasteiger partial charge in [0.15, 0.2) is 5.69 Å². The van der Waals surface area contributed by atoms with Crippen molar-refractivity contribution in [2.75, 3.05) is 7.11 Å². The highest BCUT2D eigenvalue weighted by Crippen LogP contribution is 2.32. The van der Waals surface area contributed by atoms with Crippen LogP contribution in [-0.2, 0) is 13.2 Å². The molecule has 0 unspecified atom stereocenters. The van der Waals surface area contributed by atoms with Gasteiger partial charge in [0.1, 0.15) is 4.47 Å². The monoisotopic (exact) mass is 325 g/mol. The number of halogens is 4. The molecule has 0 radical (unpaired) electrons. The zero-order valence-corrected chi connectivity index (χ0v) is 10.8. The van der Waals surface area contributed by atoms with E-state index in [9.17, 15) is 18.0 Å². The minimum absolute atomic E-state index is 0.146. The number of methoxy groups -OCH3 is 1. The number of hydrogen-bond donors (Lipinski definition) is 0. The molecule has 0 saturated heterocycles. The van der Waals surface area contributed by atoms with Gasteiger partial charge in [-0.05, 0) is 15.9 Å². The molecule has 2 rings (SSSR count). The number of ether oxygens (including phenoxy) is 1. The molecule has 0 aliphatic carbocycles. The maximum Gasteiger partial charge on any atom is 0.434 e. The molecule has 0 atom stereocenters. The van der Waals surface area contributed by atoms with E-state index in [1.807, 2.05) is 0 Å². The van der Waals surface area contributed by atoms with Crippen molar-refractivity contribution in [3.05, 3.63) is 26.7 Å². The fraction of sp³-hybridized carbons (Fsp3) is 0.333.